The number of rotatable bonds is 2. The predicted molar refractivity (Wildman–Crippen MR) is 61.1 cm³/mol. The lowest BCUT2D eigenvalue weighted by Crippen LogP contribution is -2.42. The second kappa shape index (κ2) is 4.00. The number of pyridine rings is 1. The molecule has 0 bridgehead atoms. The number of nitrogens with two attached hydrogens (primary N) is 1. The molecule has 3 N–H and O–H groups in total. The third-order valence-corrected chi connectivity index (χ3v) is 2.92. The van der Waals surface area contributed by atoms with Crippen molar-refractivity contribution in [3.05, 3.63) is 26.5 Å². The molecule has 0 aromatic carbocycles. The predicted octanol–water partition coefficient (Wildman–Crippen LogP) is 1.60. The summed E-state index contributed by atoms with van der Waals surface area (Å²) in [6.45, 7) is 1.42. The Morgan fingerprint density at radius 1 is 1.79 bits per heavy atom. The van der Waals surface area contributed by atoms with Gasteiger partial charge < -0.3 is 10.8 Å². The van der Waals surface area contributed by atoms with Gasteiger partial charge in [-0.2, -0.15) is 0 Å². The molecule has 0 aliphatic carbocycles. The number of nitrogens with zero attached hydrogens (tertiary/aromatic N) is 1. The number of aromatic nitrogens is 1. The first-order chi connectivity index (χ1) is 6.35. The third-order valence-electron chi connectivity index (χ3n) is 1.82. The molecule has 0 unspecified atom stereocenters. The quantitative estimate of drug-likeness (QED) is 0.639. The van der Waals surface area contributed by atoms with E-state index in [4.69, 9.17) is 22.4 Å². The number of hydrogen-bond donors (Lipinski definition) is 2. The first-order valence-corrected chi connectivity index (χ1v) is 5.15. The van der Waals surface area contributed by atoms with E-state index in [0.29, 0.717) is 14.3 Å². The Kier molecular flexibility index (Phi) is 3.33. The number of carboxylic acid groups (broad SMARTS) is 1. The van der Waals surface area contributed by atoms with E-state index in [0.717, 1.165) is 0 Å². The Labute approximate surface area is 99.6 Å². The average Bonchev–Trinajstić information content (AvgIpc) is 2.02. The molecule has 0 aliphatic rings. The van der Waals surface area contributed by atoms with Crippen LogP contribution in [0, 0.1) is 3.57 Å². The lowest BCUT2D eigenvalue weighted by Gasteiger charge is -2.20. The maximum Gasteiger partial charge on any atom is 0.328 e. The molecule has 1 rings (SSSR count). The van der Waals surface area contributed by atoms with E-state index in [2.05, 4.69) is 4.98 Å². The van der Waals surface area contributed by atoms with Gasteiger partial charge in [0.2, 0.25) is 0 Å². The summed E-state index contributed by atoms with van der Waals surface area (Å²) in [7, 11) is 0. The molecule has 1 aromatic rings. The highest BCUT2D eigenvalue weighted by atomic mass is 127. The smallest absolute Gasteiger partial charge is 0.328 e. The van der Waals surface area contributed by atoms with Crippen LogP contribution in [0.1, 0.15) is 12.5 Å². The summed E-state index contributed by atoms with van der Waals surface area (Å²) in [5.74, 6) is -1.10. The number of halogens is 2. The van der Waals surface area contributed by atoms with Gasteiger partial charge in [0.15, 0.2) is 0 Å². The molecular weight excluding hydrogens is 318 g/mol. The zero-order valence-electron chi connectivity index (χ0n) is 7.29. The highest BCUT2D eigenvalue weighted by molar-refractivity contribution is 14.1. The molecule has 0 saturated carbocycles. The van der Waals surface area contributed by atoms with Crippen molar-refractivity contribution in [3.8, 4) is 0 Å². The fourth-order valence-electron chi connectivity index (χ4n) is 0.905. The normalized spacial score (nSPS) is 14.9. The summed E-state index contributed by atoms with van der Waals surface area (Å²) in [6, 6.07) is 1.57. The number of carbonyl (C=O) groups is 1. The monoisotopic (exact) mass is 326 g/mol. The van der Waals surface area contributed by atoms with E-state index in [9.17, 15) is 4.79 Å². The van der Waals surface area contributed by atoms with Gasteiger partial charge in [0.05, 0.1) is 0 Å². The zero-order valence-corrected chi connectivity index (χ0v) is 10.2. The van der Waals surface area contributed by atoms with Gasteiger partial charge in [0, 0.05) is 15.3 Å². The molecule has 6 heteroatoms. The van der Waals surface area contributed by atoms with Crippen LogP contribution in [0.5, 0.6) is 0 Å². The van der Waals surface area contributed by atoms with E-state index >= 15 is 0 Å². The van der Waals surface area contributed by atoms with Gasteiger partial charge in [-0.15, -0.1) is 0 Å². The molecule has 0 saturated heterocycles. The van der Waals surface area contributed by atoms with Crippen molar-refractivity contribution >= 4 is 40.2 Å². The SMILES string of the molecule is C[C@@](N)(C(=O)O)c1cnc(Cl)cc1I. The average molecular weight is 327 g/mol. The fourth-order valence-corrected chi connectivity index (χ4v) is 2.24. The van der Waals surface area contributed by atoms with Crippen LogP contribution < -0.4 is 5.73 Å². The summed E-state index contributed by atoms with van der Waals surface area (Å²) in [6.07, 6.45) is 1.39. The number of aliphatic carboxylic acids is 1. The minimum absolute atomic E-state index is 0.319. The molecule has 4 nitrogen and oxygen atoms in total. The van der Waals surface area contributed by atoms with Gasteiger partial charge >= 0.3 is 5.97 Å². The topological polar surface area (TPSA) is 76.2 Å². The first-order valence-electron chi connectivity index (χ1n) is 3.69. The molecule has 1 heterocycles. The van der Waals surface area contributed by atoms with Crippen LogP contribution in [-0.4, -0.2) is 16.1 Å². The Morgan fingerprint density at radius 3 is 2.79 bits per heavy atom. The van der Waals surface area contributed by atoms with E-state index in [1.165, 1.54) is 13.1 Å². The van der Waals surface area contributed by atoms with Crippen molar-refractivity contribution in [3.63, 3.8) is 0 Å². The summed E-state index contributed by atoms with van der Waals surface area (Å²) in [5, 5.41) is 9.22. The van der Waals surface area contributed by atoms with Gasteiger partial charge in [0.25, 0.3) is 0 Å². The molecule has 1 aromatic heterocycles. The van der Waals surface area contributed by atoms with Crippen LogP contribution >= 0.6 is 34.2 Å². The number of carboxylic acids is 1. The van der Waals surface area contributed by atoms with Crippen LogP contribution in [0.4, 0.5) is 0 Å². The minimum atomic E-state index is -1.44. The van der Waals surface area contributed by atoms with Gasteiger partial charge in [-0.3, -0.25) is 0 Å². The van der Waals surface area contributed by atoms with Gasteiger partial charge in [-0.05, 0) is 35.6 Å². The molecule has 0 spiro atoms. The van der Waals surface area contributed by atoms with E-state index in [1.807, 2.05) is 22.6 Å². The molecular formula is C8H8ClIN2O2. The van der Waals surface area contributed by atoms with Gasteiger partial charge in [-0.25, -0.2) is 9.78 Å². The van der Waals surface area contributed by atoms with Crippen LogP contribution in [0.25, 0.3) is 0 Å². The first kappa shape index (κ1) is 11.7. The van der Waals surface area contributed by atoms with Crippen molar-refractivity contribution in [2.24, 2.45) is 5.73 Å². The highest BCUT2D eigenvalue weighted by Crippen LogP contribution is 2.24. The Balaban J connectivity index is 3.26. The maximum atomic E-state index is 10.9. The lowest BCUT2D eigenvalue weighted by molar-refractivity contribution is -0.143. The summed E-state index contributed by atoms with van der Waals surface area (Å²) in [4.78, 5) is 14.7. The van der Waals surface area contributed by atoms with Crippen LogP contribution in [0.15, 0.2) is 12.3 Å². The molecule has 0 amide bonds. The van der Waals surface area contributed by atoms with Crippen molar-refractivity contribution < 1.29 is 9.90 Å². The van der Waals surface area contributed by atoms with E-state index < -0.39 is 11.5 Å². The van der Waals surface area contributed by atoms with Gasteiger partial charge in [-0.1, -0.05) is 11.6 Å². The van der Waals surface area contributed by atoms with Crippen molar-refractivity contribution in [1.82, 2.24) is 4.98 Å². The summed E-state index contributed by atoms with van der Waals surface area (Å²) in [5.41, 5.74) is 4.66. The lowest BCUT2D eigenvalue weighted by atomic mass is 9.95. The minimum Gasteiger partial charge on any atom is -0.480 e. The second-order valence-corrected chi connectivity index (χ2v) is 4.54. The summed E-state index contributed by atoms with van der Waals surface area (Å²) >= 11 is 7.62. The molecule has 0 radical (unpaired) electrons. The Bertz CT molecular complexity index is 382. The van der Waals surface area contributed by atoms with Crippen LogP contribution in [-0.2, 0) is 10.3 Å². The third kappa shape index (κ3) is 2.15. The summed E-state index contributed by atoms with van der Waals surface area (Å²) < 4.78 is 0.690. The zero-order chi connectivity index (χ0) is 10.9. The van der Waals surface area contributed by atoms with E-state index in [1.54, 1.807) is 6.07 Å². The van der Waals surface area contributed by atoms with Crippen LogP contribution in [0.2, 0.25) is 5.15 Å². The van der Waals surface area contributed by atoms with Crippen molar-refractivity contribution in [1.29, 1.82) is 0 Å². The molecule has 0 aliphatic heterocycles. The Hall–Kier alpha value is -0.400. The maximum absolute atomic E-state index is 10.9. The highest BCUT2D eigenvalue weighted by Gasteiger charge is 2.32. The fraction of sp³-hybridized carbons (Fsp3) is 0.250. The molecule has 0 fully saturated rings. The number of hydrogen-bond acceptors (Lipinski definition) is 3. The second-order valence-electron chi connectivity index (χ2n) is 2.99. The largest absolute Gasteiger partial charge is 0.480 e. The van der Waals surface area contributed by atoms with E-state index in [-0.39, 0.29) is 0 Å². The molecule has 1 atom stereocenters. The standard InChI is InChI=1S/C8H8ClIN2O2/c1-8(11,7(13)14)4-3-12-6(9)2-5(4)10/h2-3H,11H2,1H3,(H,13,14)/t8-/m0/s1. The Morgan fingerprint density at radius 2 is 2.36 bits per heavy atom. The molecule has 14 heavy (non-hydrogen) atoms. The van der Waals surface area contributed by atoms with Crippen molar-refractivity contribution in [2.45, 2.75) is 12.5 Å². The van der Waals surface area contributed by atoms with Crippen molar-refractivity contribution in [2.75, 3.05) is 0 Å². The molecule has 76 valence electrons. The van der Waals surface area contributed by atoms with Crippen LogP contribution in [0.3, 0.4) is 0 Å². The van der Waals surface area contributed by atoms with Gasteiger partial charge in [0.1, 0.15) is 10.7 Å².